The molecule has 3 aromatic rings. The van der Waals surface area contributed by atoms with Crippen molar-refractivity contribution in [1.82, 2.24) is 10.2 Å². The molecule has 0 spiro atoms. The van der Waals surface area contributed by atoms with Gasteiger partial charge in [0.1, 0.15) is 12.6 Å². The molecule has 1 N–H and O–H groups in total. The minimum absolute atomic E-state index is 0.0659. The third-order valence-corrected chi connectivity index (χ3v) is 9.63. The summed E-state index contributed by atoms with van der Waals surface area (Å²) < 4.78 is 68.0. The van der Waals surface area contributed by atoms with Crippen molar-refractivity contribution in [1.29, 1.82) is 0 Å². The monoisotopic (exact) mass is 727 g/mol. The van der Waals surface area contributed by atoms with Crippen LogP contribution in [0.15, 0.2) is 77.3 Å². The van der Waals surface area contributed by atoms with Gasteiger partial charge in [-0.25, -0.2) is 8.42 Å². The van der Waals surface area contributed by atoms with Crippen molar-refractivity contribution >= 4 is 55.1 Å². The highest BCUT2D eigenvalue weighted by molar-refractivity contribution is 9.10. The number of sulfonamides is 1. The fourth-order valence-corrected chi connectivity index (χ4v) is 6.97. The van der Waals surface area contributed by atoms with Crippen molar-refractivity contribution in [2.24, 2.45) is 0 Å². The molecule has 4 rings (SSSR count). The lowest BCUT2D eigenvalue weighted by molar-refractivity contribution is -0.140. The van der Waals surface area contributed by atoms with Gasteiger partial charge in [0.2, 0.25) is 21.8 Å². The van der Waals surface area contributed by atoms with E-state index in [-0.39, 0.29) is 24.0 Å². The van der Waals surface area contributed by atoms with Crippen molar-refractivity contribution in [3.8, 4) is 0 Å². The van der Waals surface area contributed by atoms with Gasteiger partial charge < -0.3 is 10.2 Å². The number of carbonyl (C=O) groups excluding carboxylic acids is 2. The quantitative estimate of drug-likeness (QED) is 0.231. The zero-order chi connectivity index (χ0) is 32.8. The molecule has 7 nitrogen and oxygen atoms in total. The van der Waals surface area contributed by atoms with Crippen LogP contribution in [0, 0.1) is 0 Å². The Morgan fingerprint density at radius 3 is 2.27 bits per heavy atom. The first kappa shape index (κ1) is 34.8. The third-order valence-electron chi connectivity index (χ3n) is 7.69. The van der Waals surface area contributed by atoms with Gasteiger partial charge in [0, 0.05) is 23.5 Å². The van der Waals surface area contributed by atoms with Gasteiger partial charge in [-0.05, 0) is 54.3 Å². The van der Waals surface area contributed by atoms with Crippen LogP contribution in [0.1, 0.15) is 48.8 Å². The molecule has 0 unspecified atom stereocenters. The number of amides is 2. The van der Waals surface area contributed by atoms with Crippen LogP contribution in [0.3, 0.4) is 0 Å². The maximum atomic E-state index is 14.2. The number of nitrogens with one attached hydrogen (secondary N) is 1. The molecule has 0 saturated heterocycles. The molecule has 242 valence electrons. The molecule has 2 amide bonds. The van der Waals surface area contributed by atoms with Gasteiger partial charge in [0.15, 0.2) is 0 Å². The number of nitrogens with zero attached hydrogens (tertiary/aromatic N) is 2. The van der Waals surface area contributed by atoms with Gasteiger partial charge in [0.05, 0.1) is 22.5 Å². The van der Waals surface area contributed by atoms with E-state index in [4.69, 9.17) is 11.6 Å². The summed E-state index contributed by atoms with van der Waals surface area (Å²) in [5.41, 5.74) is -0.183. The molecule has 1 saturated carbocycles. The summed E-state index contributed by atoms with van der Waals surface area (Å²) >= 11 is 9.64. The van der Waals surface area contributed by atoms with E-state index in [9.17, 15) is 31.2 Å². The molecule has 0 heterocycles. The fourth-order valence-electron chi connectivity index (χ4n) is 5.41. The highest BCUT2D eigenvalue weighted by Gasteiger charge is 2.36. The van der Waals surface area contributed by atoms with Gasteiger partial charge in [-0.1, -0.05) is 89.3 Å². The second-order valence-electron chi connectivity index (χ2n) is 11.1. The summed E-state index contributed by atoms with van der Waals surface area (Å²) in [6.07, 6.45) is 0.754. The Bertz CT molecular complexity index is 1600. The van der Waals surface area contributed by atoms with E-state index < -0.39 is 51.9 Å². The Balaban J connectivity index is 1.77. The van der Waals surface area contributed by atoms with E-state index in [1.54, 1.807) is 24.3 Å². The van der Waals surface area contributed by atoms with Crippen molar-refractivity contribution in [3.05, 3.63) is 99.0 Å². The number of rotatable bonds is 11. The molecule has 1 aliphatic rings. The highest BCUT2D eigenvalue weighted by atomic mass is 79.9. The lowest BCUT2D eigenvalue weighted by Crippen LogP contribution is -2.55. The van der Waals surface area contributed by atoms with Gasteiger partial charge in [-0.15, -0.1) is 0 Å². The smallest absolute Gasteiger partial charge is 0.352 e. The largest absolute Gasteiger partial charge is 0.416 e. The Kier molecular flexibility index (Phi) is 11.6. The number of hydrogen-bond donors (Lipinski definition) is 1. The van der Waals surface area contributed by atoms with Crippen LogP contribution in [0.5, 0.6) is 0 Å². The molecule has 1 atom stereocenters. The first-order valence-electron chi connectivity index (χ1n) is 14.4. The zero-order valence-corrected chi connectivity index (χ0v) is 27.7. The van der Waals surface area contributed by atoms with E-state index >= 15 is 0 Å². The van der Waals surface area contributed by atoms with Gasteiger partial charge >= 0.3 is 6.18 Å². The highest BCUT2D eigenvalue weighted by Crippen LogP contribution is 2.36. The number of anilines is 1. The van der Waals surface area contributed by atoms with Gasteiger partial charge in [-0.2, -0.15) is 13.2 Å². The Morgan fingerprint density at radius 1 is 0.978 bits per heavy atom. The Hall–Kier alpha value is -3.09. The lowest BCUT2D eigenvalue weighted by atomic mass is 9.94. The van der Waals surface area contributed by atoms with Gasteiger partial charge in [0.25, 0.3) is 0 Å². The van der Waals surface area contributed by atoms with Crippen molar-refractivity contribution in [2.75, 3.05) is 17.1 Å². The summed E-state index contributed by atoms with van der Waals surface area (Å²) in [6, 6.07) is 17.4. The summed E-state index contributed by atoms with van der Waals surface area (Å²) in [4.78, 5) is 29.5. The molecule has 1 aliphatic carbocycles. The summed E-state index contributed by atoms with van der Waals surface area (Å²) in [6.45, 7) is -0.947. The van der Waals surface area contributed by atoms with Crippen molar-refractivity contribution in [3.63, 3.8) is 0 Å². The topological polar surface area (TPSA) is 86.8 Å². The predicted molar refractivity (Wildman–Crippen MR) is 172 cm³/mol. The van der Waals surface area contributed by atoms with Crippen LogP contribution in [0.4, 0.5) is 18.9 Å². The average molecular weight is 729 g/mol. The molecule has 0 bridgehead atoms. The number of hydrogen-bond acceptors (Lipinski definition) is 4. The number of carbonyl (C=O) groups is 2. The van der Waals surface area contributed by atoms with E-state index in [1.807, 2.05) is 30.3 Å². The van der Waals surface area contributed by atoms with Gasteiger partial charge in [-0.3, -0.25) is 13.9 Å². The summed E-state index contributed by atoms with van der Waals surface area (Å²) in [7, 11) is -4.31. The van der Waals surface area contributed by atoms with E-state index in [2.05, 4.69) is 21.2 Å². The summed E-state index contributed by atoms with van der Waals surface area (Å²) in [5.74, 6) is -1.18. The second-order valence-corrected chi connectivity index (χ2v) is 14.4. The minimum atomic E-state index is -4.78. The zero-order valence-electron chi connectivity index (χ0n) is 24.6. The maximum Gasteiger partial charge on any atom is 0.416 e. The lowest BCUT2D eigenvalue weighted by Gasteiger charge is -2.35. The standard InChI is InChI=1S/C32H34BrClF3N3O4S/c1-45(43,44)40(28-19-24(32(35,36)37)15-16-27(28)34)21-30(41)39(20-23-11-8-12-25(33)17-23)29(18-22-9-4-2-5-10-22)31(42)38-26-13-6-3-7-14-26/h2,4-5,8-12,15-17,19,26,29H,3,6-7,13-14,18,20-21H2,1H3,(H,38,42)/t29-/m1/s1. The summed E-state index contributed by atoms with van der Waals surface area (Å²) in [5, 5.41) is 2.82. The molecule has 0 aromatic heterocycles. The normalized spacial score (nSPS) is 14.9. The van der Waals surface area contributed by atoms with Crippen molar-refractivity contribution in [2.45, 2.75) is 63.3 Å². The van der Waals surface area contributed by atoms with Crippen LogP contribution in [0.2, 0.25) is 5.02 Å². The molecular weight excluding hydrogens is 695 g/mol. The molecule has 1 fully saturated rings. The van der Waals surface area contributed by atoms with E-state index in [1.165, 1.54) is 4.90 Å². The molecular formula is C32H34BrClF3N3O4S. The number of halogens is 5. The first-order chi connectivity index (χ1) is 21.2. The van der Waals surface area contributed by atoms with Crippen LogP contribution in [-0.2, 0) is 38.8 Å². The predicted octanol–water partition coefficient (Wildman–Crippen LogP) is 6.98. The van der Waals surface area contributed by atoms with Crippen LogP contribution < -0.4 is 9.62 Å². The van der Waals surface area contributed by atoms with Crippen LogP contribution >= 0.6 is 27.5 Å². The van der Waals surface area contributed by atoms with Crippen LogP contribution in [-0.4, -0.2) is 50.0 Å². The van der Waals surface area contributed by atoms with Crippen molar-refractivity contribution < 1.29 is 31.2 Å². The number of benzene rings is 3. The Labute approximate surface area is 274 Å². The molecule has 3 aromatic carbocycles. The molecule has 13 heteroatoms. The molecule has 45 heavy (non-hydrogen) atoms. The first-order valence-corrected chi connectivity index (χ1v) is 17.5. The van der Waals surface area contributed by atoms with E-state index in [0.29, 0.717) is 15.9 Å². The minimum Gasteiger partial charge on any atom is -0.352 e. The number of alkyl halides is 3. The van der Waals surface area contributed by atoms with Crippen LogP contribution in [0.25, 0.3) is 0 Å². The second kappa shape index (κ2) is 15.0. The molecule has 0 aliphatic heterocycles. The average Bonchev–Trinajstić information content (AvgIpc) is 2.98. The van der Waals surface area contributed by atoms with E-state index in [0.717, 1.165) is 60.5 Å². The SMILES string of the molecule is CS(=O)(=O)N(CC(=O)N(Cc1cccc(Br)c1)[C@H](Cc1ccccc1)C(=O)NC1CCCCC1)c1cc(C(F)(F)F)ccc1Cl. The maximum absolute atomic E-state index is 14.2. The third kappa shape index (κ3) is 9.70. The Morgan fingerprint density at radius 2 is 1.64 bits per heavy atom. The molecule has 0 radical (unpaired) electrons. The fraction of sp³-hybridized carbons (Fsp3) is 0.375.